The average Bonchev–Trinajstić information content (AvgIpc) is 3.42. The third kappa shape index (κ3) is 4.49. The van der Waals surface area contributed by atoms with Gasteiger partial charge < -0.3 is 15.4 Å². The van der Waals surface area contributed by atoms with Gasteiger partial charge in [0, 0.05) is 37.7 Å². The first-order valence-corrected chi connectivity index (χ1v) is 10.1. The van der Waals surface area contributed by atoms with Crippen LogP contribution in [0.5, 0.6) is 0 Å². The van der Waals surface area contributed by atoms with E-state index in [-0.39, 0.29) is 36.3 Å². The quantitative estimate of drug-likeness (QED) is 0.736. The summed E-state index contributed by atoms with van der Waals surface area (Å²) in [6.45, 7) is 6.28. The lowest BCUT2D eigenvalue weighted by Gasteiger charge is -2.45. The first-order valence-electron chi connectivity index (χ1n) is 10.1. The largest absolute Gasteiger partial charge is 0.381 e. The second kappa shape index (κ2) is 10.3. The number of carbonyl (C=O) groups is 1. The Bertz CT molecular complexity index is 595. The zero-order valence-electron chi connectivity index (χ0n) is 16.4. The Labute approximate surface area is 179 Å². The van der Waals surface area contributed by atoms with E-state index in [0.717, 1.165) is 65.1 Å². The maximum atomic E-state index is 13.4. The van der Waals surface area contributed by atoms with E-state index in [2.05, 4.69) is 20.6 Å². The zero-order valence-corrected chi connectivity index (χ0v) is 18.0. The smallest absolute Gasteiger partial charge is 0.248 e. The Morgan fingerprint density at radius 2 is 1.79 bits per heavy atom. The number of halogens is 2. The predicted octanol–water partition coefficient (Wildman–Crippen LogP) is 1.57. The summed E-state index contributed by atoms with van der Waals surface area (Å²) in [6, 6.07) is 1.90. The summed E-state index contributed by atoms with van der Waals surface area (Å²) in [5.41, 5.74) is -0.505. The molecular weight excluding hydrogens is 401 g/mol. The van der Waals surface area contributed by atoms with Crippen LogP contribution in [0.1, 0.15) is 38.5 Å². The fourth-order valence-corrected chi connectivity index (χ4v) is 4.88. The van der Waals surface area contributed by atoms with E-state index in [4.69, 9.17) is 4.74 Å². The molecule has 3 aliphatic heterocycles. The molecule has 28 heavy (non-hydrogen) atoms. The standard InChI is InChI=1S/C19H31N5O2.2ClH/c25-17(19(4-9-20-10-5-19)24-13-3-8-22-24)21-16-18(6-14-26-15-7-18)23-11-1-2-12-23;;/h3,8,13,20H,1-2,4-7,9-12,14-16H2,(H,21,25);2*1H. The molecule has 0 unspecified atom stereocenters. The Kier molecular flexibility index (Phi) is 8.58. The van der Waals surface area contributed by atoms with Crippen molar-refractivity contribution in [2.24, 2.45) is 0 Å². The summed E-state index contributed by atoms with van der Waals surface area (Å²) in [7, 11) is 0. The molecule has 4 rings (SSSR count). The van der Waals surface area contributed by atoms with Crippen LogP contribution in [0.25, 0.3) is 0 Å². The molecule has 0 aromatic carbocycles. The highest BCUT2D eigenvalue weighted by molar-refractivity contribution is 5.85. The molecule has 1 aromatic rings. The molecule has 160 valence electrons. The monoisotopic (exact) mass is 433 g/mol. The minimum atomic E-state index is -0.563. The van der Waals surface area contributed by atoms with E-state index in [1.165, 1.54) is 12.8 Å². The van der Waals surface area contributed by atoms with E-state index in [0.29, 0.717) is 6.54 Å². The molecule has 0 aliphatic carbocycles. The molecule has 3 aliphatic rings. The van der Waals surface area contributed by atoms with Crippen LogP contribution in [0.4, 0.5) is 0 Å². The summed E-state index contributed by atoms with van der Waals surface area (Å²) < 4.78 is 7.50. The van der Waals surface area contributed by atoms with Crippen LogP contribution in [-0.4, -0.2) is 72.1 Å². The van der Waals surface area contributed by atoms with Gasteiger partial charge in [0.25, 0.3) is 0 Å². The van der Waals surface area contributed by atoms with Crippen molar-refractivity contribution >= 4 is 30.7 Å². The number of nitrogens with one attached hydrogen (secondary N) is 2. The number of piperidine rings is 1. The summed E-state index contributed by atoms with van der Waals surface area (Å²) >= 11 is 0. The zero-order chi connectivity index (χ0) is 17.9. The number of hydrogen-bond acceptors (Lipinski definition) is 5. The fraction of sp³-hybridized carbons (Fsp3) is 0.789. The van der Waals surface area contributed by atoms with Crippen molar-refractivity contribution in [1.29, 1.82) is 0 Å². The molecular formula is C19H33Cl2N5O2. The van der Waals surface area contributed by atoms with Crippen molar-refractivity contribution in [3.8, 4) is 0 Å². The first kappa shape index (κ1) is 23.4. The molecule has 3 fully saturated rings. The number of ether oxygens (including phenoxy) is 1. The summed E-state index contributed by atoms with van der Waals surface area (Å²) in [4.78, 5) is 16.0. The van der Waals surface area contributed by atoms with Gasteiger partial charge in [-0.05, 0) is 70.8 Å². The predicted molar refractivity (Wildman–Crippen MR) is 113 cm³/mol. The summed E-state index contributed by atoms with van der Waals surface area (Å²) in [5, 5.41) is 11.1. The van der Waals surface area contributed by atoms with E-state index < -0.39 is 5.54 Å². The van der Waals surface area contributed by atoms with Crippen molar-refractivity contribution in [2.45, 2.75) is 49.6 Å². The molecule has 0 spiro atoms. The van der Waals surface area contributed by atoms with Crippen molar-refractivity contribution in [2.75, 3.05) is 45.9 Å². The maximum absolute atomic E-state index is 13.4. The molecule has 0 bridgehead atoms. The molecule has 0 atom stereocenters. The summed E-state index contributed by atoms with van der Waals surface area (Å²) in [5.74, 6) is 0.118. The second-order valence-electron chi connectivity index (χ2n) is 7.95. The van der Waals surface area contributed by atoms with Crippen LogP contribution < -0.4 is 10.6 Å². The first-order chi connectivity index (χ1) is 12.8. The SMILES string of the molecule is Cl.Cl.O=C(NCC1(N2CCCC2)CCOCC1)C1(n2cccn2)CCNCC1. The fourth-order valence-electron chi connectivity index (χ4n) is 4.88. The van der Waals surface area contributed by atoms with Crippen LogP contribution in [0.3, 0.4) is 0 Å². The van der Waals surface area contributed by atoms with Gasteiger partial charge in [-0.3, -0.25) is 14.4 Å². The topological polar surface area (TPSA) is 71.4 Å². The number of aromatic nitrogens is 2. The number of rotatable bonds is 5. The van der Waals surface area contributed by atoms with Crippen LogP contribution in [0.15, 0.2) is 18.5 Å². The lowest BCUT2D eigenvalue weighted by atomic mass is 9.85. The van der Waals surface area contributed by atoms with Crippen LogP contribution in [0.2, 0.25) is 0 Å². The molecule has 9 heteroatoms. The van der Waals surface area contributed by atoms with Gasteiger partial charge in [-0.1, -0.05) is 0 Å². The van der Waals surface area contributed by atoms with Crippen molar-refractivity contribution in [1.82, 2.24) is 25.3 Å². The van der Waals surface area contributed by atoms with E-state index in [9.17, 15) is 4.79 Å². The molecule has 7 nitrogen and oxygen atoms in total. The third-order valence-electron chi connectivity index (χ3n) is 6.57. The Hall–Kier alpha value is -0.860. The van der Waals surface area contributed by atoms with Crippen LogP contribution >= 0.6 is 24.8 Å². The number of hydrogen-bond donors (Lipinski definition) is 2. The normalized spacial score (nSPS) is 24.0. The minimum Gasteiger partial charge on any atom is -0.381 e. The average molecular weight is 434 g/mol. The second-order valence-corrected chi connectivity index (χ2v) is 7.95. The minimum absolute atomic E-state index is 0. The lowest BCUT2D eigenvalue weighted by Crippen LogP contribution is -2.61. The van der Waals surface area contributed by atoms with Gasteiger partial charge in [0.15, 0.2) is 0 Å². The van der Waals surface area contributed by atoms with E-state index in [1.807, 2.05) is 16.9 Å². The van der Waals surface area contributed by atoms with E-state index >= 15 is 0 Å². The molecule has 1 aromatic heterocycles. The maximum Gasteiger partial charge on any atom is 0.248 e. The number of nitrogens with zero attached hydrogens (tertiary/aromatic N) is 3. The molecule has 1 amide bonds. The van der Waals surface area contributed by atoms with Crippen molar-refractivity contribution in [3.05, 3.63) is 18.5 Å². The molecule has 4 heterocycles. The molecule has 2 N–H and O–H groups in total. The number of carbonyl (C=O) groups excluding carboxylic acids is 1. The van der Waals surface area contributed by atoms with Gasteiger partial charge in [-0.15, -0.1) is 24.8 Å². The molecule has 0 radical (unpaired) electrons. The third-order valence-corrected chi connectivity index (χ3v) is 6.57. The van der Waals surface area contributed by atoms with Crippen molar-refractivity contribution < 1.29 is 9.53 Å². The van der Waals surface area contributed by atoms with Crippen LogP contribution in [0, 0.1) is 0 Å². The molecule has 0 saturated carbocycles. The summed E-state index contributed by atoms with van der Waals surface area (Å²) in [6.07, 6.45) is 9.78. The Morgan fingerprint density at radius 3 is 2.39 bits per heavy atom. The van der Waals surface area contributed by atoms with Gasteiger partial charge >= 0.3 is 0 Å². The van der Waals surface area contributed by atoms with Gasteiger partial charge in [-0.25, -0.2) is 0 Å². The van der Waals surface area contributed by atoms with Gasteiger partial charge in [0.2, 0.25) is 5.91 Å². The highest BCUT2D eigenvalue weighted by Gasteiger charge is 2.45. The van der Waals surface area contributed by atoms with Crippen LogP contribution in [-0.2, 0) is 15.1 Å². The van der Waals surface area contributed by atoms with Gasteiger partial charge in [0.1, 0.15) is 5.54 Å². The Morgan fingerprint density at radius 1 is 1.11 bits per heavy atom. The molecule has 3 saturated heterocycles. The van der Waals surface area contributed by atoms with Gasteiger partial charge in [-0.2, -0.15) is 5.10 Å². The Balaban J connectivity index is 0.00000140. The highest BCUT2D eigenvalue weighted by atomic mass is 35.5. The van der Waals surface area contributed by atoms with Crippen molar-refractivity contribution in [3.63, 3.8) is 0 Å². The van der Waals surface area contributed by atoms with Gasteiger partial charge in [0.05, 0.1) is 0 Å². The number of likely N-dealkylation sites (tertiary alicyclic amines) is 1. The lowest BCUT2D eigenvalue weighted by molar-refractivity contribution is -0.133. The van der Waals surface area contributed by atoms with E-state index in [1.54, 1.807) is 6.20 Å². The number of amides is 1. The highest BCUT2D eigenvalue weighted by Crippen LogP contribution is 2.32.